The minimum absolute atomic E-state index is 0.136. The molecule has 0 aromatic heterocycles. The number of ether oxygens (including phenoxy) is 2. The second-order valence-electron chi connectivity index (χ2n) is 14.6. The van der Waals surface area contributed by atoms with E-state index < -0.39 is 59.6 Å². The molecule has 0 aromatic carbocycles. The fourth-order valence-corrected chi connectivity index (χ4v) is 7.03. The van der Waals surface area contributed by atoms with Crippen molar-refractivity contribution in [3.8, 4) is 0 Å². The SMILES string of the molecule is CCCCCCC=CCCCCCCCCCC(=O)OCC(COP(=O)(O)OCC(O)COP(=O)(O)O)OC(=O)CCCCCCCCCCCCCCC. The maximum absolute atomic E-state index is 12.6. The number of allylic oxidation sites excluding steroid dienone is 2. The van der Waals surface area contributed by atoms with Gasteiger partial charge in [0.25, 0.3) is 0 Å². The number of carbonyl (C=O) groups excluding carboxylic acids is 2. The van der Waals surface area contributed by atoms with E-state index >= 15 is 0 Å². The number of carbonyl (C=O) groups is 2. The summed E-state index contributed by atoms with van der Waals surface area (Å²) < 4.78 is 47.7. The molecule has 3 unspecified atom stereocenters. The van der Waals surface area contributed by atoms with Crippen molar-refractivity contribution >= 4 is 27.6 Å². The van der Waals surface area contributed by atoms with Gasteiger partial charge in [0, 0.05) is 12.8 Å². The van der Waals surface area contributed by atoms with E-state index in [1.807, 2.05) is 0 Å². The van der Waals surface area contributed by atoms with Crippen LogP contribution in [0.2, 0.25) is 0 Å². The van der Waals surface area contributed by atoms with Crippen molar-refractivity contribution in [3.63, 3.8) is 0 Å². The van der Waals surface area contributed by atoms with Crippen LogP contribution in [0.25, 0.3) is 0 Å². The first-order chi connectivity index (χ1) is 26.4. The number of hydrogen-bond donors (Lipinski definition) is 4. The molecule has 0 bridgehead atoms. The number of aliphatic hydroxyl groups is 1. The second kappa shape index (κ2) is 37.2. The van der Waals surface area contributed by atoms with Gasteiger partial charge in [-0.3, -0.25) is 23.2 Å². The highest BCUT2D eigenvalue weighted by atomic mass is 31.2. The molecule has 0 aliphatic carbocycles. The van der Waals surface area contributed by atoms with E-state index in [0.717, 1.165) is 44.9 Å². The first kappa shape index (κ1) is 53.9. The Hall–Kier alpha value is -1.14. The Morgan fingerprint density at radius 3 is 1.36 bits per heavy atom. The lowest BCUT2D eigenvalue weighted by Crippen LogP contribution is -2.30. The summed E-state index contributed by atoms with van der Waals surface area (Å²) in [6.45, 7) is 1.76. The average molecular weight is 829 g/mol. The van der Waals surface area contributed by atoms with Gasteiger partial charge in [-0.2, -0.15) is 0 Å². The third-order valence-electron chi connectivity index (χ3n) is 9.14. The van der Waals surface area contributed by atoms with Crippen LogP contribution in [0.4, 0.5) is 0 Å². The number of rotatable bonds is 41. The van der Waals surface area contributed by atoms with Crippen LogP contribution in [0.1, 0.15) is 194 Å². The van der Waals surface area contributed by atoms with Crippen molar-refractivity contribution in [1.82, 2.24) is 0 Å². The zero-order chi connectivity index (χ0) is 40.9. The highest BCUT2D eigenvalue weighted by Gasteiger charge is 2.28. The molecule has 4 N–H and O–H groups in total. The maximum atomic E-state index is 12.6. The smallest absolute Gasteiger partial charge is 0.462 e. The van der Waals surface area contributed by atoms with Gasteiger partial charge in [-0.15, -0.1) is 0 Å². The lowest BCUT2D eigenvalue weighted by Gasteiger charge is -2.20. The quantitative estimate of drug-likeness (QED) is 0.0197. The Kier molecular flexibility index (Phi) is 36.4. The fourth-order valence-electron chi connectivity index (χ4n) is 5.87. The molecule has 0 heterocycles. The summed E-state index contributed by atoms with van der Waals surface area (Å²) in [4.78, 5) is 52.6. The largest absolute Gasteiger partial charge is 0.472 e. The van der Waals surface area contributed by atoms with Crippen LogP contribution >= 0.6 is 15.6 Å². The van der Waals surface area contributed by atoms with Crippen molar-refractivity contribution in [3.05, 3.63) is 12.2 Å². The fraction of sp³-hybridized carbons (Fsp3) is 0.900. The van der Waals surface area contributed by atoms with E-state index in [2.05, 4.69) is 35.0 Å². The zero-order valence-electron chi connectivity index (χ0n) is 34.3. The minimum atomic E-state index is -4.86. The molecule has 55 heavy (non-hydrogen) atoms. The summed E-state index contributed by atoms with van der Waals surface area (Å²) in [5, 5.41) is 9.73. The molecule has 0 saturated carbocycles. The normalized spacial score (nSPS) is 14.2. The van der Waals surface area contributed by atoms with Crippen molar-refractivity contribution in [1.29, 1.82) is 0 Å². The third-order valence-corrected chi connectivity index (χ3v) is 10.6. The number of phosphoric acid groups is 2. The molecule has 0 fully saturated rings. The standard InChI is InChI=1S/C40H78O13P2/c1-3-5-7-9-11-13-15-17-18-20-21-23-25-27-29-31-39(42)49-35-38(36-52-55(47,48)51-34-37(41)33-50-54(44,45)46)53-40(43)32-30-28-26-24-22-19-16-14-12-10-8-6-4-2/h13,15,37-38,41H,3-12,14,16-36H2,1-2H3,(H,47,48)(H2,44,45,46). The minimum Gasteiger partial charge on any atom is -0.462 e. The summed E-state index contributed by atoms with van der Waals surface area (Å²) in [6.07, 6.45) is 32.0. The van der Waals surface area contributed by atoms with Crippen LogP contribution in [-0.2, 0) is 41.8 Å². The molecule has 0 rings (SSSR count). The molecule has 0 aliphatic heterocycles. The Morgan fingerprint density at radius 2 is 0.891 bits per heavy atom. The summed E-state index contributed by atoms with van der Waals surface area (Å²) in [5.74, 6) is -1.03. The molecule has 0 aliphatic rings. The molecular weight excluding hydrogens is 750 g/mol. The van der Waals surface area contributed by atoms with E-state index in [1.54, 1.807) is 0 Å². The molecule has 326 valence electrons. The molecule has 15 heteroatoms. The van der Waals surface area contributed by atoms with Crippen LogP contribution in [0.3, 0.4) is 0 Å². The number of hydrogen-bond acceptors (Lipinski definition) is 10. The highest BCUT2D eigenvalue weighted by molar-refractivity contribution is 7.47. The van der Waals surface area contributed by atoms with E-state index in [9.17, 15) is 28.7 Å². The molecule has 13 nitrogen and oxygen atoms in total. The van der Waals surface area contributed by atoms with Crippen molar-refractivity contribution in [2.24, 2.45) is 0 Å². The van der Waals surface area contributed by atoms with Crippen LogP contribution in [0, 0.1) is 0 Å². The molecular formula is C40H78O13P2. The topological polar surface area (TPSA) is 195 Å². The monoisotopic (exact) mass is 828 g/mol. The molecule has 3 atom stereocenters. The van der Waals surface area contributed by atoms with Gasteiger partial charge in [0.15, 0.2) is 6.10 Å². The van der Waals surface area contributed by atoms with Gasteiger partial charge >= 0.3 is 27.6 Å². The maximum Gasteiger partial charge on any atom is 0.472 e. The number of aliphatic hydroxyl groups excluding tert-OH is 1. The zero-order valence-corrected chi connectivity index (χ0v) is 36.1. The highest BCUT2D eigenvalue weighted by Crippen LogP contribution is 2.43. The van der Waals surface area contributed by atoms with E-state index in [4.69, 9.17) is 23.8 Å². The lowest BCUT2D eigenvalue weighted by atomic mass is 10.0. The van der Waals surface area contributed by atoms with Crippen molar-refractivity contribution in [2.45, 2.75) is 206 Å². The summed E-state index contributed by atoms with van der Waals surface area (Å²) in [7, 11) is -9.65. The van der Waals surface area contributed by atoms with Gasteiger partial charge in [-0.1, -0.05) is 154 Å². The number of phosphoric ester groups is 2. The Balaban J connectivity index is 4.50. The van der Waals surface area contributed by atoms with Gasteiger partial charge < -0.3 is 29.3 Å². The third kappa shape index (κ3) is 40.8. The van der Waals surface area contributed by atoms with E-state index in [1.165, 1.54) is 109 Å². The van der Waals surface area contributed by atoms with E-state index in [-0.39, 0.29) is 19.4 Å². The van der Waals surface area contributed by atoms with Crippen molar-refractivity contribution in [2.75, 3.05) is 26.4 Å². The van der Waals surface area contributed by atoms with Gasteiger partial charge in [0.05, 0.1) is 19.8 Å². The number of esters is 2. The molecule has 0 radical (unpaired) electrons. The summed E-state index contributed by atoms with van der Waals surface area (Å²) in [6, 6.07) is 0. The summed E-state index contributed by atoms with van der Waals surface area (Å²) in [5.41, 5.74) is 0. The van der Waals surface area contributed by atoms with Crippen LogP contribution in [0.15, 0.2) is 12.2 Å². The van der Waals surface area contributed by atoms with E-state index in [0.29, 0.717) is 12.8 Å². The first-order valence-electron chi connectivity index (χ1n) is 21.4. The van der Waals surface area contributed by atoms with Gasteiger partial charge in [-0.25, -0.2) is 9.13 Å². The molecule has 0 saturated heterocycles. The van der Waals surface area contributed by atoms with Crippen LogP contribution in [0.5, 0.6) is 0 Å². The van der Waals surface area contributed by atoms with Crippen LogP contribution in [-0.4, -0.2) is 70.4 Å². The Labute approximate surface area is 332 Å². The molecule has 0 aromatic rings. The second-order valence-corrected chi connectivity index (χ2v) is 17.3. The predicted molar refractivity (Wildman–Crippen MR) is 216 cm³/mol. The van der Waals surface area contributed by atoms with Crippen LogP contribution < -0.4 is 0 Å². The van der Waals surface area contributed by atoms with Crippen molar-refractivity contribution < 1.29 is 61.6 Å². The first-order valence-corrected chi connectivity index (χ1v) is 24.4. The van der Waals surface area contributed by atoms with Gasteiger partial charge in [-0.05, 0) is 38.5 Å². The van der Waals surface area contributed by atoms with Gasteiger partial charge in [0.1, 0.15) is 12.7 Å². The Bertz CT molecular complexity index is 1040. The summed E-state index contributed by atoms with van der Waals surface area (Å²) >= 11 is 0. The molecule has 0 spiro atoms. The van der Waals surface area contributed by atoms with Gasteiger partial charge in [0.2, 0.25) is 0 Å². The Morgan fingerprint density at radius 1 is 0.509 bits per heavy atom. The number of unbranched alkanes of at least 4 members (excludes halogenated alkanes) is 23. The lowest BCUT2D eigenvalue weighted by molar-refractivity contribution is -0.161. The predicted octanol–water partition coefficient (Wildman–Crippen LogP) is 10.6. The molecule has 0 amide bonds. The average Bonchev–Trinajstić information content (AvgIpc) is 3.14.